The lowest BCUT2D eigenvalue weighted by Crippen LogP contribution is -2.24. The summed E-state index contributed by atoms with van der Waals surface area (Å²) in [7, 11) is 1.89. The summed E-state index contributed by atoms with van der Waals surface area (Å²) in [5, 5.41) is 11.2. The first-order valence-electron chi connectivity index (χ1n) is 8.14. The zero-order valence-electron chi connectivity index (χ0n) is 14.7. The molecule has 136 valence electrons. The first-order chi connectivity index (χ1) is 12.5. The van der Waals surface area contributed by atoms with Crippen LogP contribution in [0.1, 0.15) is 28.7 Å². The Kier molecular flexibility index (Phi) is 5.70. The van der Waals surface area contributed by atoms with Crippen molar-refractivity contribution in [1.29, 1.82) is 0 Å². The standard InChI is InChI=1S/C18H19ClN4O2S/c1-10-8-15(22-17(24)12-6-4-5-7-13(12)19)26-16(10)18-21-14(23-25-18)9-11(2)20-3/h4-8,11,20H,9H2,1-3H3,(H,22,24). The van der Waals surface area contributed by atoms with Gasteiger partial charge in [0, 0.05) is 12.5 Å². The van der Waals surface area contributed by atoms with E-state index in [1.165, 1.54) is 11.3 Å². The van der Waals surface area contributed by atoms with E-state index in [-0.39, 0.29) is 11.9 Å². The van der Waals surface area contributed by atoms with Gasteiger partial charge in [-0.2, -0.15) is 4.98 Å². The Morgan fingerprint density at radius 3 is 2.88 bits per heavy atom. The van der Waals surface area contributed by atoms with Crippen LogP contribution in [0.4, 0.5) is 5.00 Å². The van der Waals surface area contributed by atoms with Crippen molar-refractivity contribution in [3.05, 3.63) is 52.3 Å². The lowest BCUT2D eigenvalue weighted by Gasteiger charge is -2.04. The molecule has 1 aromatic carbocycles. The monoisotopic (exact) mass is 390 g/mol. The zero-order chi connectivity index (χ0) is 18.7. The second-order valence-electron chi connectivity index (χ2n) is 5.97. The minimum atomic E-state index is -0.252. The van der Waals surface area contributed by atoms with E-state index in [9.17, 15) is 4.79 Å². The van der Waals surface area contributed by atoms with Gasteiger partial charge in [0.2, 0.25) is 0 Å². The highest BCUT2D eigenvalue weighted by Crippen LogP contribution is 2.35. The van der Waals surface area contributed by atoms with Gasteiger partial charge in [-0.05, 0) is 44.7 Å². The Hall–Kier alpha value is -2.22. The van der Waals surface area contributed by atoms with E-state index in [0.717, 1.165) is 10.4 Å². The predicted molar refractivity (Wildman–Crippen MR) is 104 cm³/mol. The second kappa shape index (κ2) is 7.99. The summed E-state index contributed by atoms with van der Waals surface area (Å²) in [6, 6.07) is 9.08. The Bertz CT molecular complexity index is 922. The molecule has 0 aliphatic heterocycles. The SMILES string of the molecule is CNC(C)Cc1noc(-c2sc(NC(=O)c3ccccc3Cl)cc2C)n1. The molecule has 0 radical (unpaired) electrons. The van der Waals surface area contributed by atoms with Crippen molar-refractivity contribution in [3.8, 4) is 10.8 Å². The quantitative estimate of drug-likeness (QED) is 0.660. The van der Waals surface area contributed by atoms with Crippen molar-refractivity contribution in [2.75, 3.05) is 12.4 Å². The molecule has 0 saturated carbocycles. The van der Waals surface area contributed by atoms with Crippen molar-refractivity contribution < 1.29 is 9.32 Å². The number of hydrogen-bond donors (Lipinski definition) is 2. The number of hydrogen-bond acceptors (Lipinski definition) is 6. The van der Waals surface area contributed by atoms with Gasteiger partial charge >= 0.3 is 0 Å². The number of nitrogens with one attached hydrogen (secondary N) is 2. The summed E-state index contributed by atoms with van der Waals surface area (Å²) >= 11 is 7.47. The first kappa shape index (κ1) is 18.6. The molecule has 6 nitrogen and oxygen atoms in total. The molecular formula is C18H19ClN4O2S. The van der Waals surface area contributed by atoms with Crippen LogP contribution in [0.5, 0.6) is 0 Å². The smallest absolute Gasteiger partial charge is 0.268 e. The van der Waals surface area contributed by atoms with Gasteiger partial charge in [0.15, 0.2) is 5.82 Å². The summed E-state index contributed by atoms with van der Waals surface area (Å²) in [5.41, 5.74) is 1.39. The number of nitrogens with zero attached hydrogens (tertiary/aromatic N) is 2. The van der Waals surface area contributed by atoms with Crippen LogP contribution in [0.25, 0.3) is 10.8 Å². The van der Waals surface area contributed by atoms with Crippen molar-refractivity contribution in [2.45, 2.75) is 26.3 Å². The molecule has 3 rings (SSSR count). The molecule has 3 aromatic rings. The summed E-state index contributed by atoms with van der Waals surface area (Å²) in [4.78, 5) is 17.7. The van der Waals surface area contributed by atoms with Gasteiger partial charge in [-0.25, -0.2) is 0 Å². The summed E-state index contributed by atoms with van der Waals surface area (Å²) in [6.45, 7) is 3.99. The summed E-state index contributed by atoms with van der Waals surface area (Å²) in [6.07, 6.45) is 0.681. The third-order valence-electron chi connectivity index (χ3n) is 3.92. The highest BCUT2D eigenvalue weighted by Gasteiger charge is 2.18. The number of benzene rings is 1. The number of likely N-dealkylation sites (N-methyl/N-ethyl adjacent to an activating group) is 1. The third-order valence-corrected chi connectivity index (χ3v) is 5.39. The van der Waals surface area contributed by atoms with Gasteiger partial charge < -0.3 is 15.2 Å². The molecule has 1 unspecified atom stereocenters. The van der Waals surface area contributed by atoms with Crippen molar-refractivity contribution >= 4 is 33.8 Å². The minimum Gasteiger partial charge on any atom is -0.333 e. The fourth-order valence-electron chi connectivity index (χ4n) is 2.39. The molecule has 0 bridgehead atoms. The topological polar surface area (TPSA) is 80.0 Å². The number of aromatic nitrogens is 2. The normalized spacial score (nSPS) is 12.2. The molecule has 0 spiro atoms. The van der Waals surface area contributed by atoms with Gasteiger partial charge in [-0.15, -0.1) is 11.3 Å². The van der Waals surface area contributed by atoms with E-state index >= 15 is 0 Å². The summed E-state index contributed by atoms with van der Waals surface area (Å²) in [5.74, 6) is 0.859. The minimum absolute atomic E-state index is 0.252. The van der Waals surface area contributed by atoms with E-state index in [0.29, 0.717) is 33.7 Å². The van der Waals surface area contributed by atoms with Crippen LogP contribution in [0.15, 0.2) is 34.9 Å². The maximum absolute atomic E-state index is 12.4. The van der Waals surface area contributed by atoms with Crippen molar-refractivity contribution in [1.82, 2.24) is 15.5 Å². The van der Waals surface area contributed by atoms with Gasteiger partial charge in [0.25, 0.3) is 11.8 Å². The van der Waals surface area contributed by atoms with Gasteiger partial charge in [0.05, 0.1) is 20.5 Å². The van der Waals surface area contributed by atoms with Gasteiger partial charge in [-0.3, -0.25) is 4.79 Å². The van der Waals surface area contributed by atoms with Crippen molar-refractivity contribution in [2.24, 2.45) is 0 Å². The van der Waals surface area contributed by atoms with Crippen LogP contribution in [0.3, 0.4) is 0 Å². The van der Waals surface area contributed by atoms with Crippen LogP contribution in [-0.4, -0.2) is 29.1 Å². The van der Waals surface area contributed by atoms with E-state index in [2.05, 4.69) is 27.7 Å². The third kappa shape index (κ3) is 4.12. The largest absolute Gasteiger partial charge is 0.333 e. The van der Waals surface area contributed by atoms with Gasteiger partial charge in [-0.1, -0.05) is 28.9 Å². The highest BCUT2D eigenvalue weighted by atomic mass is 35.5. The second-order valence-corrected chi connectivity index (χ2v) is 7.43. The number of rotatable bonds is 6. The summed E-state index contributed by atoms with van der Waals surface area (Å²) < 4.78 is 5.39. The Morgan fingerprint density at radius 1 is 1.38 bits per heavy atom. The molecule has 0 aliphatic rings. The van der Waals surface area contributed by atoms with Crippen LogP contribution >= 0.6 is 22.9 Å². The Labute approximate surface area is 160 Å². The van der Waals surface area contributed by atoms with E-state index in [4.69, 9.17) is 16.1 Å². The van der Waals surface area contributed by atoms with Crippen LogP contribution < -0.4 is 10.6 Å². The molecule has 1 amide bonds. The lowest BCUT2D eigenvalue weighted by atomic mass is 10.2. The maximum atomic E-state index is 12.4. The molecule has 2 N–H and O–H groups in total. The Morgan fingerprint density at radius 2 is 2.15 bits per heavy atom. The van der Waals surface area contributed by atoms with Crippen molar-refractivity contribution in [3.63, 3.8) is 0 Å². The number of amides is 1. The lowest BCUT2D eigenvalue weighted by molar-refractivity contribution is 0.102. The number of aryl methyl sites for hydroxylation is 1. The molecular weight excluding hydrogens is 372 g/mol. The number of thiophene rings is 1. The van der Waals surface area contributed by atoms with Crippen LogP contribution in [-0.2, 0) is 6.42 Å². The molecule has 8 heteroatoms. The molecule has 0 saturated heterocycles. The zero-order valence-corrected chi connectivity index (χ0v) is 16.2. The predicted octanol–water partition coefficient (Wildman–Crippen LogP) is 4.16. The molecule has 0 aliphatic carbocycles. The van der Waals surface area contributed by atoms with Crippen LogP contribution in [0, 0.1) is 6.92 Å². The number of carbonyl (C=O) groups is 1. The number of carbonyl (C=O) groups excluding carboxylic acids is 1. The average Bonchev–Trinajstić information content (AvgIpc) is 3.21. The van der Waals surface area contributed by atoms with E-state index < -0.39 is 0 Å². The Balaban J connectivity index is 1.77. The molecule has 2 aromatic heterocycles. The van der Waals surface area contributed by atoms with Crippen LogP contribution in [0.2, 0.25) is 5.02 Å². The molecule has 1 atom stereocenters. The molecule has 2 heterocycles. The molecule has 0 fully saturated rings. The average molecular weight is 391 g/mol. The van der Waals surface area contributed by atoms with E-state index in [1.807, 2.05) is 20.0 Å². The number of anilines is 1. The van der Waals surface area contributed by atoms with Gasteiger partial charge in [0.1, 0.15) is 0 Å². The first-order valence-corrected chi connectivity index (χ1v) is 9.34. The number of halogens is 1. The van der Waals surface area contributed by atoms with E-state index in [1.54, 1.807) is 24.3 Å². The maximum Gasteiger partial charge on any atom is 0.268 e. The molecule has 26 heavy (non-hydrogen) atoms. The fourth-order valence-corrected chi connectivity index (χ4v) is 3.60. The fraction of sp³-hybridized carbons (Fsp3) is 0.278. The highest BCUT2D eigenvalue weighted by molar-refractivity contribution is 7.19.